The summed E-state index contributed by atoms with van der Waals surface area (Å²) in [7, 11) is 0. The van der Waals surface area contributed by atoms with Crippen LogP contribution in [0.5, 0.6) is 0 Å². The summed E-state index contributed by atoms with van der Waals surface area (Å²) in [6, 6.07) is 68.2. The first-order valence-corrected chi connectivity index (χ1v) is 22.2. The molecule has 14 rings (SSSR count). The van der Waals surface area contributed by atoms with E-state index >= 15 is 0 Å². The van der Waals surface area contributed by atoms with Crippen LogP contribution in [0.3, 0.4) is 0 Å². The second-order valence-electron chi connectivity index (χ2n) is 17.4. The first kappa shape index (κ1) is 35.3. The van der Waals surface area contributed by atoms with E-state index in [0.717, 1.165) is 56.5 Å². The molecule has 5 heteroatoms. The molecule has 0 saturated carbocycles. The molecule has 300 valence electrons. The van der Waals surface area contributed by atoms with Crippen molar-refractivity contribution in [3.63, 3.8) is 0 Å². The van der Waals surface area contributed by atoms with E-state index in [0.29, 0.717) is 11.9 Å². The van der Waals surface area contributed by atoms with Crippen molar-refractivity contribution in [1.29, 1.82) is 0 Å². The summed E-state index contributed by atoms with van der Waals surface area (Å²) in [6.07, 6.45) is 5.70. The van der Waals surface area contributed by atoms with E-state index in [9.17, 15) is 0 Å². The van der Waals surface area contributed by atoms with Gasteiger partial charge in [-0.1, -0.05) is 146 Å². The molecular formula is C59H39N5. The van der Waals surface area contributed by atoms with Gasteiger partial charge in [0, 0.05) is 66.4 Å². The van der Waals surface area contributed by atoms with Crippen molar-refractivity contribution >= 4 is 93.0 Å². The van der Waals surface area contributed by atoms with Crippen molar-refractivity contribution in [3.8, 4) is 28.6 Å². The van der Waals surface area contributed by atoms with Crippen LogP contribution in [0.15, 0.2) is 194 Å². The average molecular weight is 818 g/mol. The molecule has 1 unspecified atom stereocenters. The monoisotopic (exact) mass is 817 g/mol. The zero-order valence-electron chi connectivity index (χ0n) is 35.1. The van der Waals surface area contributed by atoms with Crippen LogP contribution in [0.1, 0.15) is 30.5 Å². The predicted octanol–water partition coefficient (Wildman–Crippen LogP) is 15.3. The van der Waals surface area contributed by atoms with Crippen molar-refractivity contribution in [1.82, 2.24) is 23.7 Å². The largest absolute Gasteiger partial charge is 0.313 e. The maximum absolute atomic E-state index is 5.63. The lowest BCUT2D eigenvalue weighted by Crippen LogP contribution is -2.07. The second-order valence-corrected chi connectivity index (χ2v) is 17.4. The summed E-state index contributed by atoms with van der Waals surface area (Å²) in [5.74, 6) is 0.997. The molecular weight excluding hydrogens is 779 g/mol. The minimum absolute atomic E-state index is 0.349. The topological polar surface area (TPSA) is 40.6 Å². The molecule has 1 atom stereocenters. The van der Waals surface area contributed by atoms with E-state index in [2.05, 4.69) is 221 Å². The van der Waals surface area contributed by atoms with Gasteiger partial charge in [-0.2, -0.15) is 0 Å². The van der Waals surface area contributed by atoms with E-state index in [-0.39, 0.29) is 0 Å². The highest BCUT2D eigenvalue weighted by Gasteiger charge is 2.26. The van der Waals surface area contributed by atoms with Gasteiger partial charge < -0.3 is 9.13 Å². The van der Waals surface area contributed by atoms with E-state index in [1.165, 1.54) is 70.8 Å². The van der Waals surface area contributed by atoms with Gasteiger partial charge in [0.25, 0.3) is 0 Å². The van der Waals surface area contributed by atoms with Gasteiger partial charge in [0.15, 0.2) is 0 Å². The van der Waals surface area contributed by atoms with Crippen LogP contribution >= 0.6 is 0 Å². The molecule has 1 aliphatic carbocycles. The fraction of sp³-hybridized carbons (Fsp3) is 0.0508. The normalized spacial score (nSPS) is 14.0. The molecule has 0 aliphatic heterocycles. The van der Waals surface area contributed by atoms with Crippen molar-refractivity contribution in [3.05, 3.63) is 205 Å². The molecule has 4 aromatic heterocycles. The highest BCUT2D eigenvalue weighted by Crippen LogP contribution is 2.44. The molecule has 0 bridgehead atoms. The zero-order valence-corrected chi connectivity index (χ0v) is 35.1. The number of allylic oxidation sites excluding steroid dienone is 1. The number of aromatic nitrogens is 5. The molecule has 0 N–H and O–H groups in total. The molecule has 0 fully saturated rings. The Balaban J connectivity index is 1.06. The van der Waals surface area contributed by atoms with Crippen molar-refractivity contribution in [2.75, 3.05) is 0 Å². The summed E-state index contributed by atoms with van der Waals surface area (Å²) < 4.78 is 7.20. The van der Waals surface area contributed by atoms with Crippen LogP contribution in [0, 0.1) is 0 Å². The van der Waals surface area contributed by atoms with Gasteiger partial charge in [0.2, 0.25) is 5.95 Å². The van der Waals surface area contributed by atoms with Gasteiger partial charge in [0.1, 0.15) is 0 Å². The molecule has 5 nitrogen and oxygen atoms in total. The molecule has 0 amide bonds. The van der Waals surface area contributed by atoms with E-state index in [1.807, 2.05) is 0 Å². The number of rotatable bonds is 4. The van der Waals surface area contributed by atoms with E-state index in [4.69, 9.17) is 9.97 Å². The first-order chi connectivity index (χ1) is 31.7. The van der Waals surface area contributed by atoms with Crippen LogP contribution in [0.2, 0.25) is 0 Å². The van der Waals surface area contributed by atoms with Gasteiger partial charge in [-0.3, -0.25) is 4.57 Å². The summed E-state index contributed by atoms with van der Waals surface area (Å²) in [5.41, 5.74) is 13.5. The molecule has 0 saturated heterocycles. The second kappa shape index (κ2) is 13.4. The number of nitrogens with zero attached hydrogens (tertiary/aromatic N) is 5. The lowest BCUT2D eigenvalue weighted by atomic mass is 9.92. The Morgan fingerprint density at radius 2 is 1.09 bits per heavy atom. The zero-order chi connectivity index (χ0) is 42.0. The Hall–Kier alpha value is -8.28. The lowest BCUT2D eigenvalue weighted by molar-refractivity contribution is 0.723. The average Bonchev–Trinajstić information content (AvgIpc) is 4.00. The van der Waals surface area contributed by atoms with Crippen molar-refractivity contribution in [2.24, 2.45) is 0 Å². The fourth-order valence-corrected chi connectivity index (χ4v) is 11.0. The van der Waals surface area contributed by atoms with Gasteiger partial charge in [-0.25, -0.2) is 9.97 Å². The summed E-state index contributed by atoms with van der Waals surface area (Å²) in [4.78, 5) is 11.1. The lowest BCUT2D eigenvalue weighted by Gasteiger charge is -2.19. The van der Waals surface area contributed by atoms with Crippen LogP contribution in [-0.2, 0) is 0 Å². The van der Waals surface area contributed by atoms with Gasteiger partial charge in [-0.05, 0) is 88.6 Å². The molecule has 1 aliphatic rings. The summed E-state index contributed by atoms with van der Waals surface area (Å²) in [5, 5.41) is 12.1. The fourth-order valence-electron chi connectivity index (χ4n) is 11.0. The molecule has 4 heterocycles. The van der Waals surface area contributed by atoms with Crippen molar-refractivity contribution in [2.45, 2.75) is 19.3 Å². The summed E-state index contributed by atoms with van der Waals surface area (Å²) in [6.45, 7) is 2.36. The Morgan fingerprint density at radius 1 is 0.438 bits per heavy atom. The van der Waals surface area contributed by atoms with Gasteiger partial charge in [0.05, 0.1) is 38.8 Å². The standard InChI is InChI=1S/C59H39N5/c1-36-14-13-23-47-56-43-20-8-6-16-38(43)26-32-52(56)63(58(36)47)41-29-30-46-54(35-41)64(53-33-27-37-15-5-7-19-42(37)55(46)53)59-60-49-24-11-9-22-45(49)57(61-59)39-28-31-51-48(34-39)44-21-10-12-25-50(44)62(51)40-17-3-2-4-18-40/h2-13,15-36H,14H2,1H3. The highest BCUT2D eigenvalue weighted by molar-refractivity contribution is 6.22. The van der Waals surface area contributed by atoms with E-state index in [1.54, 1.807) is 0 Å². The maximum Gasteiger partial charge on any atom is 0.235 e. The Kier molecular flexibility index (Phi) is 7.37. The predicted molar refractivity (Wildman–Crippen MR) is 268 cm³/mol. The number of hydrogen-bond acceptors (Lipinski definition) is 2. The highest BCUT2D eigenvalue weighted by atomic mass is 15.2. The SMILES string of the molecule is CC1CC=Cc2c1n(-c1ccc3c4c5ccccc5ccc4n(-c4nc(-c5ccc6c(c5)c5ccccc5n6-c5ccccc5)c5ccccc5n4)c3c1)c1ccc3ccccc3c21. The molecule has 9 aromatic carbocycles. The van der Waals surface area contributed by atoms with Gasteiger partial charge in [-0.15, -0.1) is 0 Å². The Bertz CT molecular complexity index is 4130. The molecule has 13 aromatic rings. The number of para-hydroxylation sites is 3. The minimum Gasteiger partial charge on any atom is -0.313 e. The Labute approximate surface area is 368 Å². The summed E-state index contributed by atoms with van der Waals surface area (Å²) >= 11 is 0. The van der Waals surface area contributed by atoms with Gasteiger partial charge >= 0.3 is 0 Å². The number of fused-ring (bicyclic) bond motifs is 14. The quantitative estimate of drug-likeness (QED) is 0.177. The van der Waals surface area contributed by atoms with E-state index < -0.39 is 0 Å². The Morgan fingerprint density at radius 3 is 1.91 bits per heavy atom. The molecule has 0 radical (unpaired) electrons. The third-order valence-electron chi connectivity index (χ3n) is 13.8. The molecule has 64 heavy (non-hydrogen) atoms. The van der Waals surface area contributed by atoms with Crippen LogP contribution in [-0.4, -0.2) is 23.7 Å². The third kappa shape index (κ3) is 4.95. The van der Waals surface area contributed by atoms with Crippen LogP contribution in [0.4, 0.5) is 0 Å². The van der Waals surface area contributed by atoms with Crippen molar-refractivity contribution < 1.29 is 0 Å². The first-order valence-electron chi connectivity index (χ1n) is 22.2. The van der Waals surface area contributed by atoms with Crippen LogP contribution in [0.25, 0.3) is 122 Å². The molecule has 0 spiro atoms. The van der Waals surface area contributed by atoms with Crippen LogP contribution < -0.4 is 0 Å². The maximum atomic E-state index is 5.63. The number of benzene rings is 9. The number of hydrogen-bond donors (Lipinski definition) is 0. The smallest absolute Gasteiger partial charge is 0.235 e. The minimum atomic E-state index is 0.349. The third-order valence-corrected chi connectivity index (χ3v) is 13.8.